The summed E-state index contributed by atoms with van der Waals surface area (Å²) in [5, 5.41) is 4.09. The van der Waals surface area contributed by atoms with E-state index in [0.29, 0.717) is 11.7 Å². The van der Waals surface area contributed by atoms with Gasteiger partial charge in [0.2, 0.25) is 11.7 Å². The van der Waals surface area contributed by atoms with E-state index in [2.05, 4.69) is 36.1 Å². The summed E-state index contributed by atoms with van der Waals surface area (Å²) in [4.78, 5) is 4.50. The Hall–Kier alpha value is -1.68. The van der Waals surface area contributed by atoms with Gasteiger partial charge in [-0.1, -0.05) is 48.7 Å². The lowest BCUT2D eigenvalue weighted by Gasteiger charge is -2.13. The van der Waals surface area contributed by atoms with Crippen LogP contribution >= 0.6 is 0 Å². The number of hydrogen-bond donors (Lipinski definition) is 1. The highest BCUT2D eigenvalue weighted by Crippen LogP contribution is 2.20. The molecule has 1 atom stereocenters. The minimum Gasteiger partial charge on any atom is -0.339 e. The maximum absolute atomic E-state index is 5.67. The van der Waals surface area contributed by atoms with Gasteiger partial charge in [0, 0.05) is 12.0 Å². The van der Waals surface area contributed by atoms with Gasteiger partial charge in [0.15, 0.2) is 0 Å². The van der Waals surface area contributed by atoms with Crippen LogP contribution in [-0.4, -0.2) is 16.7 Å². The quantitative estimate of drug-likeness (QED) is 0.803. The molecular formula is C17H25N3O. The van der Waals surface area contributed by atoms with Crippen molar-refractivity contribution < 1.29 is 4.52 Å². The maximum atomic E-state index is 5.67. The Morgan fingerprint density at radius 1 is 1.24 bits per heavy atom. The van der Waals surface area contributed by atoms with E-state index in [4.69, 9.17) is 10.3 Å². The minimum atomic E-state index is 0.661. The van der Waals surface area contributed by atoms with E-state index in [0.717, 1.165) is 37.3 Å². The summed E-state index contributed by atoms with van der Waals surface area (Å²) < 4.78 is 5.37. The lowest BCUT2D eigenvalue weighted by molar-refractivity contribution is 0.349. The SMILES string of the molecule is CCCC(CCN)CCc1nc(-c2cccc(C)c2)no1. The number of nitrogens with zero attached hydrogens (tertiary/aromatic N) is 2. The summed E-state index contributed by atoms with van der Waals surface area (Å²) in [5.41, 5.74) is 7.88. The number of benzene rings is 1. The molecule has 4 heteroatoms. The van der Waals surface area contributed by atoms with Crippen LogP contribution in [0.5, 0.6) is 0 Å². The molecule has 0 amide bonds. The molecule has 0 spiro atoms. The Labute approximate surface area is 126 Å². The Balaban J connectivity index is 1.96. The average Bonchev–Trinajstić information content (AvgIpc) is 2.94. The second kappa shape index (κ2) is 7.93. The van der Waals surface area contributed by atoms with Crippen molar-refractivity contribution in [2.75, 3.05) is 6.54 Å². The predicted octanol–water partition coefficient (Wildman–Crippen LogP) is 3.74. The third-order valence-corrected chi connectivity index (χ3v) is 3.78. The lowest BCUT2D eigenvalue weighted by Crippen LogP contribution is -2.09. The van der Waals surface area contributed by atoms with Gasteiger partial charge in [0.25, 0.3) is 0 Å². The molecule has 0 saturated carbocycles. The molecule has 21 heavy (non-hydrogen) atoms. The van der Waals surface area contributed by atoms with Crippen LogP contribution in [0.15, 0.2) is 28.8 Å². The second-order valence-electron chi connectivity index (χ2n) is 5.65. The number of aryl methyl sites for hydroxylation is 2. The van der Waals surface area contributed by atoms with Crippen LogP contribution in [-0.2, 0) is 6.42 Å². The molecule has 0 saturated heterocycles. The standard InChI is InChI=1S/C17H25N3O/c1-3-5-14(10-11-18)8-9-16-19-17(20-21-16)15-7-4-6-13(2)12-15/h4,6-7,12,14H,3,5,8-11,18H2,1-2H3. The van der Waals surface area contributed by atoms with Gasteiger partial charge in [-0.2, -0.15) is 4.98 Å². The van der Waals surface area contributed by atoms with E-state index in [1.165, 1.54) is 18.4 Å². The number of rotatable bonds is 8. The van der Waals surface area contributed by atoms with Crippen LogP contribution in [0.25, 0.3) is 11.4 Å². The number of nitrogens with two attached hydrogens (primary N) is 1. The molecule has 1 aromatic carbocycles. The highest BCUT2D eigenvalue weighted by molar-refractivity contribution is 5.55. The van der Waals surface area contributed by atoms with Crippen molar-refractivity contribution in [2.24, 2.45) is 11.7 Å². The van der Waals surface area contributed by atoms with E-state index in [1.807, 2.05) is 12.1 Å². The maximum Gasteiger partial charge on any atom is 0.226 e. The molecule has 0 fully saturated rings. The zero-order chi connectivity index (χ0) is 15.1. The predicted molar refractivity (Wildman–Crippen MR) is 84.9 cm³/mol. The number of hydrogen-bond acceptors (Lipinski definition) is 4. The van der Waals surface area contributed by atoms with Gasteiger partial charge >= 0.3 is 0 Å². The van der Waals surface area contributed by atoms with E-state index in [9.17, 15) is 0 Å². The first-order chi connectivity index (χ1) is 10.2. The normalized spacial score (nSPS) is 12.5. The molecule has 0 bridgehead atoms. The van der Waals surface area contributed by atoms with E-state index >= 15 is 0 Å². The average molecular weight is 287 g/mol. The Morgan fingerprint density at radius 3 is 2.81 bits per heavy atom. The zero-order valence-corrected chi connectivity index (χ0v) is 13.0. The zero-order valence-electron chi connectivity index (χ0n) is 13.0. The Kier molecular flexibility index (Phi) is 5.93. The van der Waals surface area contributed by atoms with Crippen LogP contribution in [0.1, 0.15) is 44.1 Å². The van der Waals surface area contributed by atoms with Crippen molar-refractivity contribution >= 4 is 0 Å². The number of aromatic nitrogens is 2. The van der Waals surface area contributed by atoms with Gasteiger partial charge in [-0.25, -0.2) is 0 Å². The van der Waals surface area contributed by atoms with Crippen molar-refractivity contribution in [3.05, 3.63) is 35.7 Å². The van der Waals surface area contributed by atoms with Crippen molar-refractivity contribution in [1.29, 1.82) is 0 Å². The molecule has 2 aromatic rings. The fraction of sp³-hybridized carbons (Fsp3) is 0.529. The van der Waals surface area contributed by atoms with Gasteiger partial charge in [0.1, 0.15) is 0 Å². The third kappa shape index (κ3) is 4.67. The largest absolute Gasteiger partial charge is 0.339 e. The first-order valence-corrected chi connectivity index (χ1v) is 7.82. The molecule has 4 nitrogen and oxygen atoms in total. The Morgan fingerprint density at radius 2 is 2.10 bits per heavy atom. The van der Waals surface area contributed by atoms with E-state index in [-0.39, 0.29) is 0 Å². The summed E-state index contributed by atoms with van der Waals surface area (Å²) in [7, 11) is 0. The topological polar surface area (TPSA) is 64.9 Å². The van der Waals surface area contributed by atoms with E-state index < -0.39 is 0 Å². The van der Waals surface area contributed by atoms with Gasteiger partial charge in [-0.05, 0) is 38.3 Å². The first-order valence-electron chi connectivity index (χ1n) is 7.82. The second-order valence-corrected chi connectivity index (χ2v) is 5.65. The lowest BCUT2D eigenvalue weighted by atomic mass is 9.94. The van der Waals surface area contributed by atoms with Crippen LogP contribution in [0.3, 0.4) is 0 Å². The van der Waals surface area contributed by atoms with Crippen LogP contribution in [0.2, 0.25) is 0 Å². The highest BCUT2D eigenvalue weighted by Gasteiger charge is 2.12. The molecule has 1 heterocycles. The van der Waals surface area contributed by atoms with Gasteiger partial charge in [-0.3, -0.25) is 0 Å². The first kappa shape index (κ1) is 15.7. The molecule has 2 rings (SSSR count). The van der Waals surface area contributed by atoms with Crippen molar-refractivity contribution in [3.8, 4) is 11.4 Å². The van der Waals surface area contributed by atoms with Crippen LogP contribution < -0.4 is 5.73 Å². The summed E-state index contributed by atoms with van der Waals surface area (Å²) in [5.74, 6) is 2.07. The van der Waals surface area contributed by atoms with Crippen molar-refractivity contribution in [3.63, 3.8) is 0 Å². The van der Waals surface area contributed by atoms with Crippen molar-refractivity contribution in [1.82, 2.24) is 10.1 Å². The van der Waals surface area contributed by atoms with Gasteiger partial charge in [0.05, 0.1) is 0 Å². The Bertz CT molecular complexity index is 544. The molecule has 1 unspecified atom stereocenters. The molecule has 114 valence electrons. The molecule has 1 aromatic heterocycles. The summed E-state index contributed by atoms with van der Waals surface area (Å²) in [6.45, 7) is 5.03. The van der Waals surface area contributed by atoms with Crippen molar-refractivity contribution in [2.45, 2.75) is 46.0 Å². The minimum absolute atomic E-state index is 0.661. The van der Waals surface area contributed by atoms with E-state index in [1.54, 1.807) is 0 Å². The smallest absolute Gasteiger partial charge is 0.226 e. The fourth-order valence-electron chi connectivity index (χ4n) is 2.66. The monoisotopic (exact) mass is 287 g/mol. The molecule has 2 N–H and O–H groups in total. The molecule has 0 aliphatic rings. The highest BCUT2D eigenvalue weighted by atomic mass is 16.5. The summed E-state index contributed by atoms with van der Waals surface area (Å²) >= 11 is 0. The molecule has 0 aliphatic carbocycles. The van der Waals surface area contributed by atoms with Crippen LogP contribution in [0, 0.1) is 12.8 Å². The van der Waals surface area contributed by atoms with Gasteiger partial charge < -0.3 is 10.3 Å². The molecule has 0 aliphatic heterocycles. The third-order valence-electron chi connectivity index (χ3n) is 3.78. The van der Waals surface area contributed by atoms with Gasteiger partial charge in [-0.15, -0.1) is 0 Å². The van der Waals surface area contributed by atoms with Crippen LogP contribution in [0.4, 0.5) is 0 Å². The summed E-state index contributed by atoms with van der Waals surface area (Å²) in [6.07, 6.45) is 5.40. The summed E-state index contributed by atoms with van der Waals surface area (Å²) in [6, 6.07) is 8.16. The fourth-order valence-corrected chi connectivity index (χ4v) is 2.66. The molecular weight excluding hydrogens is 262 g/mol. The molecule has 0 radical (unpaired) electrons.